The maximum Gasteiger partial charge on any atom is 0.329 e. The summed E-state index contributed by atoms with van der Waals surface area (Å²) in [4.78, 5) is 134. The number of aliphatic hydroxyl groups excluding tert-OH is 2. The number of methoxy groups -OCH3 is 1. The van der Waals surface area contributed by atoms with E-state index in [9.17, 15) is 53.4 Å². The molecule has 3 heterocycles. The standard InChI is InChI=1S/C53H83N7O14/c1-28(2)24-36-50(68)60-23-15-17-38(60)52(70)58(12)40(26-34-18-20-35(72-13)21-19-34)53(71)73-33(10)44(47(65)55-43(30(5)6)41(62)27-42(63)74-45(31(7)8)48(66)54-36)56-46(64)39(25-29(3)4)57(11)51(69)37-16-14-22-59(37)49(67)32(9)61/h18-21,28-33,36-41,43-45,61-62H,14-17,22-27H2,1-13H3,(H,54,66)(H,55,65)(H,56,64). The molecular weight excluding hydrogens is 959 g/mol. The molecule has 0 bridgehead atoms. The van der Waals surface area contributed by atoms with Gasteiger partial charge in [0.2, 0.25) is 29.5 Å². The summed E-state index contributed by atoms with van der Waals surface area (Å²) in [5.74, 6) is -7.70. The topological polar surface area (TPSA) is 271 Å². The third kappa shape index (κ3) is 15.6. The van der Waals surface area contributed by atoms with Gasteiger partial charge in [-0.15, -0.1) is 0 Å². The highest BCUT2D eigenvalue weighted by Gasteiger charge is 2.45. The summed E-state index contributed by atoms with van der Waals surface area (Å²) in [5, 5.41) is 30.0. The largest absolute Gasteiger partial charge is 0.497 e. The molecule has 1 aromatic carbocycles. The number of hydrogen-bond donors (Lipinski definition) is 5. The maximum atomic E-state index is 14.8. The summed E-state index contributed by atoms with van der Waals surface area (Å²) in [6.45, 7) is 17.1. The van der Waals surface area contributed by atoms with Gasteiger partial charge in [0.25, 0.3) is 11.8 Å². The van der Waals surface area contributed by atoms with Gasteiger partial charge < -0.3 is 60.0 Å². The Morgan fingerprint density at radius 1 is 0.851 bits per heavy atom. The number of esters is 2. The second kappa shape index (κ2) is 27.1. The number of likely N-dealkylation sites (tertiary alicyclic amines) is 1. The molecular formula is C53H83N7O14. The van der Waals surface area contributed by atoms with Crippen molar-refractivity contribution in [3.63, 3.8) is 0 Å². The molecule has 4 rings (SSSR count). The number of ether oxygens (including phenoxy) is 3. The Balaban J connectivity index is 1.85. The Labute approximate surface area is 436 Å². The average molecular weight is 1040 g/mol. The maximum absolute atomic E-state index is 14.8. The first-order valence-corrected chi connectivity index (χ1v) is 26.1. The molecule has 3 saturated heterocycles. The normalized spacial score (nSPS) is 27.0. The fraction of sp³-hybridized carbons (Fsp3) is 0.717. The fourth-order valence-corrected chi connectivity index (χ4v) is 9.91. The number of nitrogens with one attached hydrogen (secondary N) is 3. The molecule has 11 atom stereocenters. The Kier molecular flexibility index (Phi) is 22.2. The number of hydrogen-bond acceptors (Lipinski definition) is 14. The van der Waals surface area contributed by atoms with Gasteiger partial charge >= 0.3 is 11.9 Å². The highest BCUT2D eigenvalue weighted by Crippen LogP contribution is 2.27. The number of likely N-dealkylation sites (N-methyl/N-ethyl adjacent to an activating group) is 2. The Bertz CT molecular complexity index is 2150. The van der Waals surface area contributed by atoms with Crippen LogP contribution in [0.3, 0.4) is 0 Å². The van der Waals surface area contributed by atoms with Crippen LogP contribution in [0, 0.1) is 23.7 Å². The first-order valence-electron chi connectivity index (χ1n) is 26.1. The van der Waals surface area contributed by atoms with Crippen LogP contribution in [-0.2, 0) is 59.0 Å². The SMILES string of the molecule is COc1ccc(CC2C(=O)OC(C)C(NC(=O)C(CC(C)C)N(C)C(=O)C3CCCN3C(=O)C(C)O)C(=O)NC(C(C)C)C(O)CC(=O)OC(C(C)C)C(=O)NC(CC(C)C)C(=O)N3CCCC3C(=O)N2C)cc1. The number of benzene rings is 1. The van der Waals surface area contributed by atoms with E-state index in [0.717, 1.165) is 0 Å². The second-order valence-corrected chi connectivity index (χ2v) is 21.7. The van der Waals surface area contributed by atoms with E-state index in [1.807, 2.05) is 27.7 Å². The molecule has 0 saturated carbocycles. The van der Waals surface area contributed by atoms with E-state index in [0.29, 0.717) is 24.2 Å². The van der Waals surface area contributed by atoms with Crippen molar-refractivity contribution in [1.29, 1.82) is 0 Å². The van der Waals surface area contributed by atoms with E-state index in [2.05, 4.69) is 16.0 Å². The molecule has 0 radical (unpaired) electrons. The highest BCUT2D eigenvalue weighted by atomic mass is 16.6. The molecule has 3 fully saturated rings. The zero-order valence-corrected chi connectivity index (χ0v) is 45.6. The molecule has 0 aliphatic carbocycles. The molecule has 3 aliphatic rings. The number of fused-ring (bicyclic) bond motifs is 1. The third-order valence-electron chi connectivity index (χ3n) is 14.1. The average Bonchev–Trinajstić information content (AvgIpc) is 4.04. The molecule has 74 heavy (non-hydrogen) atoms. The zero-order valence-electron chi connectivity index (χ0n) is 45.6. The van der Waals surface area contributed by atoms with Crippen molar-refractivity contribution in [3.8, 4) is 5.75 Å². The van der Waals surface area contributed by atoms with E-state index in [4.69, 9.17) is 14.2 Å². The molecule has 5 N–H and O–H groups in total. The van der Waals surface area contributed by atoms with Gasteiger partial charge in [-0.3, -0.25) is 38.4 Å². The Hall–Kier alpha value is -5.83. The Morgan fingerprint density at radius 3 is 2.05 bits per heavy atom. The smallest absolute Gasteiger partial charge is 0.329 e. The number of rotatable bonds is 14. The summed E-state index contributed by atoms with van der Waals surface area (Å²) in [6.07, 6.45) is -4.95. The van der Waals surface area contributed by atoms with Crippen molar-refractivity contribution in [2.24, 2.45) is 23.7 Å². The highest BCUT2D eigenvalue weighted by molar-refractivity contribution is 5.97. The first kappa shape index (κ1) is 60.7. The van der Waals surface area contributed by atoms with Crippen molar-refractivity contribution in [2.45, 2.75) is 187 Å². The van der Waals surface area contributed by atoms with E-state index < -0.39 is 138 Å². The van der Waals surface area contributed by atoms with Gasteiger partial charge in [-0.25, -0.2) is 4.79 Å². The van der Waals surface area contributed by atoms with Crippen LogP contribution in [-0.4, -0.2) is 184 Å². The molecule has 0 aromatic heterocycles. The Morgan fingerprint density at radius 2 is 1.49 bits per heavy atom. The summed E-state index contributed by atoms with van der Waals surface area (Å²) in [7, 11) is 4.33. The lowest BCUT2D eigenvalue weighted by atomic mass is 9.95. The van der Waals surface area contributed by atoms with Gasteiger partial charge in [0.1, 0.15) is 54.2 Å². The van der Waals surface area contributed by atoms with Crippen molar-refractivity contribution >= 4 is 53.3 Å². The number of carbonyl (C=O) groups is 9. The molecule has 21 nitrogen and oxygen atoms in total. The lowest BCUT2D eigenvalue weighted by Gasteiger charge is -2.36. The summed E-state index contributed by atoms with van der Waals surface area (Å²) >= 11 is 0. The van der Waals surface area contributed by atoms with Crippen molar-refractivity contribution in [2.75, 3.05) is 34.3 Å². The van der Waals surface area contributed by atoms with Crippen LogP contribution in [0.25, 0.3) is 0 Å². The number of carbonyl (C=O) groups excluding carboxylic acids is 9. The van der Waals surface area contributed by atoms with E-state index >= 15 is 0 Å². The second-order valence-electron chi connectivity index (χ2n) is 21.7. The monoisotopic (exact) mass is 1040 g/mol. The number of aliphatic hydroxyl groups is 2. The van der Waals surface area contributed by atoms with Crippen molar-refractivity contribution in [3.05, 3.63) is 29.8 Å². The fourth-order valence-electron chi connectivity index (χ4n) is 9.91. The van der Waals surface area contributed by atoms with Crippen molar-refractivity contribution < 1.29 is 67.6 Å². The van der Waals surface area contributed by atoms with Crippen LogP contribution in [0.4, 0.5) is 0 Å². The number of nitrogens with zero attached hydrogens (tertiary/aromatic N) is 4. The molecule has 3 aliphatic heterocycles. The van der Waals surface area contributed by atoms with Crippen LogP contribution in [0.1, 0.15) is 120 Å². The van der Waals surface area contributed by atoms with Crippen LogP contribution < -0.4 is 20.7 Å². The van der Waals surface area contributed by atoms with Crippen LogP contribution in [0.5, 0.6) is 5.75 Å². The first-order chi connectivity index (χ1) is 34.7. The van der Waals surface area contributed by atoms with Crippen LogP contribution in [0.2, 0.25) is 0 Å². The predicted molar refractivity (Wildman–Crippen MR) is 271 cm³/mol. The van der Waals surface area contributed by atoms with Crippen LogP contribution >= 0.6 is 0 Å². The van der Waals surface area contributed by atoms with E-state index in [1.165, 1.54) is 54.7 Å². The summed E-state index contributed by atoms with van der Waals surface area (Å²) < 4.78 is 17.2. The molecule has 0 spiro atoms. The van der Waals surface area contributed by atoms with E-state index in [1.54, 1.807) is 52.0 Å². The van der Waals surface area contributed by atoms with Gasteiger partial charge in [0, 0.05) is 33.6 Å². The molecule has 414 valence electrons. The minimum Gasteiger partial charge on any atom is -0.497 e. The summed E-state index contributed by atoms with van der Waals surface area (Å²) in [6, 6.07) is -1.88. The molecule has 11 unspecified atom stereocenters. The predicted octanol–water partition coefficient (Wildman–Crippen LogP) is 1.72. The third-order valence-corrected chi connectivity index (χ3v) is 14.1. The zero-order chi connectivity index (χ0) is 55.5. The van der Waals surface area contributed by atoms with E-state index in [-0.39, 0.29) is 57.0 Å². The molecule has 21 heteroatoms. The summed E-state index contributed by atoms with van der Waals surface area (Å²) in [5.41, 5.74) is 0.595. The van der Waals surface area contributed by atoms with Gasteiger partial charge in [-0.05, 0) is 93.7 Å². The van der Waals surface area contributed by atoms with Gasteiger partial charge in [-0.2, -0.15) is 0 Å². The molecule has 7 amide bonds. The lowest BCUT2D eigenvalue weighted by Crippen LogP contribution is -2.62. The van der Waals surface area contributed by atoms with Gasteiger partial charge in [0.05, 0.1) is 25.7 Å². The minimum atomic E-state index is -1.73. The van der Waals surface area contributed by atoms with Crippen molar-refractivity contribution in [1.82, 2.24) is 35.6 Å². The van der Waals surface area contributed by atoms with Gasteiger partial charge in [-0.1, -0.05) is 67.5 Å². The number of amides is 7. The minimum absolute atomic E-state index is 0.0915. The lowest BCUT2D eigenvalue weighted by molar-refractivity contribution is -0.162. The van der Waals surface area contributed by atoms with Crippen LogP contribution in [0.15, 0.2) is 24.3 Å². The number of cyclic esters (lactones) is 2. The quantitative estimate of drug-likeness (QED) is 0.166. The molecule has 1 aromatic rings. The van der Waals surface area contributed by atoms with Gasteiger partial charge in [0.15, 0.2) is 6.10 Å².